The molecule has 0 heterocycles. The lowest BCUT2D eigenvalue weighted by atomic mass is 10.0. The van der Waals surface area contributed by atoms with Crippen molar-refractivity contribution in [3.63, 3.8) is 0 Å². The van der Waals surface area contributed by atoms with Gasteiger partial charge >= 0.3 is 0 Å². The number of nitrogens with one attached hydrogen (secondary N) is 1. The molecule has 4 rings (SSSR count). The quantitative estimate of drug-likeness (QED) is 0.187. The lowest BCUT2D eigenvalue weighted by Crippen LogP contribution is -2.54. The Balaban J connectivity index is 1.82. The zero-order chi connectivity index (χ0) is 32.6. The SMILES string of the molecule is CC[C@@H](C)NC(=O)[C@@H](Cc1ccccc1)N(Cc1ccccc1C)C(=O)CN(c1cccc(C)c1)S(=O)(=O)c1ccc(C)cc1. The first-order valence-corrected chi connectivity index (χ1v) is 16.8. The van der Waals surface area contributed by atoms with Crippen LogP contribution in [0.3, 0.4) is 0 Å². The van der Waals surface area contributed by atoms with Gasteiger partial charge in [0, 0.05) is 19.0 Å². The van der Waals surface area contributed by atoms with Gasteiger partial charge in [0.15, 0.2) is 0 Å². The maximum Gasteiger partial charge on any atom is 0.264 e. The van der Waals surface area contributed by atoms with E-state index in [0.717, 1.165) is 38.5 Å². The first kappa shape index (κ1) is 33.5. The van der Waals surface area contributed by atoms with Gasteiger partial charge in [0.1, 0.15) is 12.6 Å². The summed E-state index contributed by atoms with van der Waals surface area (Å²) < 4.78 is 29.5. The van der Waals surface area contributed by atoms with Crippen LogP contribution in [0.2, 0.25) is 0 Å². The van der Waals surface area contributed by atoms with Crippen LogP contribution < -0.4 is 9.62 Å². The number of aryl methyl sites for hydroxylation is 3. The maximum absolute atomic E-state index is 14.6. The number of nitrogens with zero attached hydrogens (tertiary/aromatic N) is 2. The first-order chi connectivity index (χ1) is 21.5. The van der Waals surface area contributed by atoms with Crippen LogP contribution >= 0.6 is 0 Å². The molecule has 45 heavy (non-hydrogen) atoms. The van der Waals surface area contributed by atoms with E-state index in [1.54, 1.807) is 47.4 Å². The highest BCUT2D eigenvalue weighted by Crippen LogP contribution is 2.26. The molecule has 0 fully saturated rings. The van der Waals surface area contributed by atoms with Crippen molar-refractivity contribution < 1.29 is 18.0 Å². The minimum Gasteiger partial charge on any atom is -0.352 e. The summed E-state index contributed by atoms with van der Waals surface area (Å²) in [6.45, 7) is 9.31. The van der Waals surface area contributed by atoms with Crippen LogP contribution in [0, 0.1) is 20.8 Å². The highest BCUT2D eigenvalue weighted by atomic mass is 32.2. The number of carbonyl (C=O) groups is 2. The molecule has 2 amide bonds. The molecular formula is C37H43N3O4S. The standard InChI is InChI=1S/C37H43N3O4S/c1-6-30(5)38-37(42)35(24-31-15-8-7-9-16-31)39(25-32-17-11-10-14-29(32)4)36(41)26-40(33-18-12-13-28(3)23-33)45(43,44)34-21-19-27(2)20-22-34/h7-23,30,35H,6,24-26H2,1-5H3,(H,38,42)/t30-,35-/m1/s1. The van der Waals surface area contributed by atoms with Crippen molar-refractivity contribution in [2.24, 2.45) is 0 Å². The van der Waals surface area contributed by atoms with Crippen LogP contribution in [0.25, 0.3) is 0 Å². The van der Waals surface area contributed by atoms with Gasteiger partial charge in [-0.2, -0.15) is 0 Å². The maximum atomic E-state index is 14.6. The van der Waals surface area contributed by atoms with Crippen LogP contribution in [0.5, 0.6) is 0 Å². The smallest absolute Gasteiger partial charge is 0.264 e. The average Bonchev–Trinajstić information content (AvgIpc) is 3.02. The summed E-state index contributed by atoms with van der Waals surface area (Å²) in [6.07, 6.45) is 1.00. The second kappa shape index (κ2) is 15.0. The molecule has 0 saturated heterocycles. The van der Waals surface area contributed by atoms with Crippen molar-refractivity contribution in [3.8, 4) is 0 Å². The summed E-state index contributed by atoms with van der Waals surface area (Å²) in [5.41, 5.74) is 4.90. The van der Waals surface area contributed by atoms with Gasteiger partial charge in [-0.05, 0) is 80.6 Å². The van der Waals surface area contributed by atoms with Crippen molar-refractivity contribution in [1.29, 1.82) is 0 Å². The normalized spacial score (nSPS) is 12.6. The molecule has 7 nitrogen and oxygen atoms in total. The molecule has 0 aliphatic carbocycles. The van der Waals surface area contributed by atoms with Crippen molar-refractivity contribution >= 4 is 27.5 Å². The Kier molecular flexibility index (Phi) is 11.2. The van der Waals surface area contributed by atoms with Gasteiger partial charge in [0.25, 0.3) is 10.0 Å². The number of carbonyl (C=O) groups excluding carboxylic acids is 2. The highest BCUT2D eigenvalue weighted by molar-refractivity contribution is 7.92. The molecule has 0 radical (unpaired) electrons. The van der Waals surface area contributed by atoms with Gasteiger partial charge in [-0.3, -0.25) is 13.9 Å². The molecule has 0 unspecified atom stereocenters. The zero-order valence-corrected chi connectivity index (χ0v) is 27.6. The molecule has 0 saturated carbocycles. The fourth-order valence-corrected chi connectivity index (χ4v) is 6.52. The van der Waals surface area contributed by atoms with Gasteiger partial charge in [-0.15, -0.1) is 0 Å². The Morgan fingerprint density at radius 3 is 2.11 bits per heavy atom. The fourth-order valence-electron chi connectivity index (χ4n) is 5.12. The van der Waals surface area contributed by atoms with E-state index in [4.69, 9.17) is 0 Å². The Morgan fingerprint density at radius 2 is 1.47 bits per heavy atom. The minimum atomic E-state index is -4.14. The van der Waals surface area contributed by atoms with Gasteiger partial charge in [0.2, 0.25) is 11.8 Å². The van der Waals surface area contributed by atoms with Gasteiger partial charge in [0.05, 0.1) is 10.6 Å². The largest absolute Gasteiger partial charge is 0.352 e. The summed E-state index contributed by atoms with van der Waals surface area (Å²) in [4.78, 5) is 30.2. The molecule has 4 aromatic rings. The molecule has 1 N–H and O–H groups in total. The number of sulfonamides is 1. The van der Waals surface area contributed by atoms with E-state index >= 15 is 0 Å². The summed E-state index contributed by atoms with van der Waals surface area (Å²) in [5.74, 6) is -0.755. The van der Waals surface area contributed by atoms with E-state index in [0.29, 0.717) is 5.69 Å². The molecule has 8 heteroatoms. The van der Waals surface area contributed by atoms with Crippen molar-refractivity contribution in [2.75, 3.05) is 10.8 Å². The monoisotopic (exact) mass is 625 g/mol. The lowest BCUT2D eigenvalue weighted by Gasteiger charge is -2.34. The number of anilines is 1. The van der Waals surface area contributed by atoms with Crippen LogP contribution in [-0.2, 0) is 32.6 Å². The molecule has 0 aromatic heterocycles. The van der Waals surface area contributed by atoms with Crippen molar-refractivity contribution in [3.05, 3.63) is 131 Å². The Bertz CT molecular complexity index is 1710. The molecule has 4 aromatic carbocycles. The molecule has 0 bridgehead atoms. The summed E-state index contributed by atoms with van der Waals surface area (Å²) in [5, 5.41) is 3.07. The molecule has 2 atom stereocenters. The fraction of sp³-hybridized carbons (Fsp3) is 0.297. The number of hydrogen-bond acceptors (Lipinski definition) is 4. The third-order valence-electron chi connectivity index (χ3n) is 8.05. The second-order valence-corrected chi connectivity index (χ2v) is 13.5. The van der Waals surface area contributed by atoms with Crippen LogP contribution in [-0.4, -0.2) is 43.8 Å². The number of hydrogen-bond donors (Lipinski definition) is 1. The Labute approximate surface area is 268 Å². The topological polar surface area (TPSA) is 86.8 Å². The molecule has 236 valence electrons. The Morgan fingerprint density at radius 1 is 0.800 bits per heavy atom. The summed E-state index contributed by atoms with van der Waals surface area (Å²) >= 11 is 0. The number of benzene rings is 4. The molecular weight excluding hydrogens is 582 g/mol. The summed E-state index contributed by atoms with van der Waals surface area (Å²) in [7, 11) is -4.14. The van der Waals surface area contributed by atoms with Crippen LogP contribution in [0.4, 0.5) is 5.69 Å². The predicted octanol–water partition coefficient (Wildman–Crippen LogP) is 6.36. The number of amides is 2. The first-order valence-electron chi connectivity index (χ1n) is 15.3. The predicted molar refractivity (Wildman–Crippen MR) is 180 cm³/mol. The lowest BCUT2D eigenvalue weighted by molar-refractivity contribution is -0.140. The van der Waals surface area contributed by atoms with E-state index in [2.05, 4.69) is 5.32 Å². The molecule has 0 aliphatic heterocycles. The van der Waals surface area contributed by atoms with E-state index < -0.39 is 28.5 Å². The highest BCUT2D eigenvalue weighted by Gasteiger charge is 2.35. The van der Waals surface area contributed by atoms with Crippen LogP contribution in [0.1, 0.15) is 48.1 Å². The number of rotatable bonds is 13. The van der Waals surface area contributed by atoms with Gasteiger partial charge in [-0.25, -0.2) is 8.42 Å². The van der Waals surface area contributed by atoms with Gasteiger partial charge in [-0.1, -0.05) is 91.3 Å². The molecule has 0 aliphatic rings. The van der Waals surface area contributed by atoms with E-state index in [9.17, 15) is 18.0 Å². The van der Waals surface area contributed by atoms with Crippen molar-refractivity contribution in [1.82, 2.24) is 10.2 Å². The summed E-state index contributed by atoms with van der Waals surface area (Å²) in [6, 6.07) is 30.0. The average molecular weight is 626 g/mol. The van der Waals surface area contributed by atoms with Crippen LogP contribution in [0.15, 0.2) is 108 Å². The van der Waals surface area contributed by atoms with Gasteiger partial charge < -0.3 is 10.2 Å². The Hall–Kier alpha value is -4.43. The van der Waals surface area contributed by atoms with E-state index in [1.165, 1.54) is 0 Å². The van der Waals surface area contributed by atoms with E-state index in [-0.39, 0.29) is 29.8 Å². The second-order valence-electron chi connectivity index (χ2n) is 11.6. The third kappa shape index (κ3) is 8.60. The zero-order valence-electron chi connectivity index (χ0n) is 26.7. The minimum absolute atomic E-state index is 0.0863. The third-order valence-corrected chi connectivity index (χ3v) is 9.84. The molecule has 0 spiro atoms. The van der Waals surface area contributed by atoms with E-state index in [1.807, 2.05) is 95.3 Å². The van der Waals surface area contributed by atoms with Crippen molar-refractivity contribution in [2.45, 2.75) is 71.0 Å².